The standard InChI is InChI=1S/C19H18ClN3O3/c1-25-16-5-3-2-4-15(16)19-22-18(26-23-19)10-11-21-17(24)12-13-6-8-14(20)9-7-13/h2-9H,10-12H2,1H3,(H,21,24). The lowest BCUT2D eigenvalue weighted by atomic mass is 10.1. The van der Waals surface area contributed by atoms with Gasteiger partial charge in [-0.05, 0) is 29.8 Å². The van der Waals surface area contributed by atoms with Crippen molar-refractivity contribution < 1.29 is 14.1 Å². The van der Waals surface area contributed by atoms with Crippen molar-refractivity contribution in [1.82, 2.24) is 15.5 Å². The van der Waals surface area contributed by atoms with Gasteiger partial charge in [-0.1, -0.05) is 41.0 Å². The third kappa shape index (κ3) is 4.61. The lowest BCUT2D eigenvalue weighted by molar-refractivity contribution is -0.120. The number of nitrogens with one attached hydrogen (secondary N) is 1. The highest BCUT2D eigenvalue weighted by atomic mass is 35.5. The van der Waals surface area contributed by atoms with Crippen molar-refractivity contribution in [3.8, 4) is 17.1 Å². The van der Waals surface area contributed by atoms with Crippen LogP contribution in [0.4, 0.5) is 0 Å². The molecule has 134 valence electrons. The molecule has 0 unspecified atom stereocenters. The zero-order valence-electron chi connectivity index (χ0n) is 14.2. The second-order valence-corrected chi connectivity index (χ2v) is 6.05. The van der Waals surface area contributed by atoms with Gasteiger partial charge in [0.1, 0.15) is 5.75 Å². The number of rotatable bonds is 7. The Morgan fingerprint density at radius 2 is 1.96 bits per heavy atom. The molecule has 7 heteroatoms. The van der Waals surface area contributed by atoms with E-state index in [9.17, 15) is 4.79 Å². The van der Waals surface area contributed by atoms with E-state index in [1.807, 2.05) is 36.4 Å². The minimum Gasteiger partial charge on any atom is -0.496 e. The summed E-state index contributed by atoms with van der Waals surface area (Å²) >= 11 is 5.83. The first kappa shape index (κ1) is 17.9. The largest absolute Gasteiger partial charge is 0.496 e. The number of ether oxygens (including phenoxy) is 1. The normalized spacial score (nSPS) is 10.5. The van der Waals surface area contributed by atoms with Gasteiger partial charge < -0.3 is 14.6 Å². The molecule has 0 fully saturated rings. The highest BCUT2D eigenvalue weighted by Crippen LogP contribution is 2.26. The number of carbonyl (C=O) groups is 1. The predicted molar refractivity (Wildman–Crippen MR) is 98.2 cm³/mol. The van der Waals surface area contributed by atoms with E-state index in [1.165, 1.54) is 0 Å². The second kappa shape index (κ2) is 8.49. The van der Waals surface area contributed by atoms with Crippen LogP contribution in [-0.2, 0) is 17.6 Å². The van der Waals surface area contributed by atoms with Gasteiger partial charge in [-0.3, -0.25) is 4.79 Å². The topological polar surface area (TPSA) is 77.3 Å². The van der Waals surface area contributed by atoms with E-state index in [4.69, 9.17) is 20.9 Å². The molecule has 2 aromatic carbocycles. The molecule has 0 radical (unpaired) electrons. The molecule has 1 amide bonds. The number of aromatic nitrogens is 2. The maximum absolute atomic E-state index is 12.0. The second-order valence-electron chi connectivity index (χ2n) is 5.62. The zero-order chi connectivity index (χ0) is 18.4. The van der Waals surface area contributed by atoms with E-state index in [1.54, 1.807) is 19.2 Å². The van der Waals surface area contributed by atoms with Crippen LogP contribution in [0.5, 0.6) is 5.75 Å². The van der Waals surface area contributed by atoms with E-state index in [2.05, 4.69) is 15.5 Å². The van der Waals surface area contributed by atoms with Crippen LogP contribution in [0, 0.1) is 0 Å². The Bertz CT molecular complexity index is 878. The van der Waals surface area contributed by atoms with E-state index in [0.29, 0.717) is 41.9 Å². The van der Waals surface area contributed by atoms with Crippen LogP contribution in [0.15, 0.2) is 53.1 Å². The quantitative estimate of drug-likeness (QED) is 0.689. The molecule has 6 nitrogen and oxygen atoms in total. The molecular formula is C19H18ClN3O3. The summed E-state index contributed by atoms with van der Waals surface area (Å²) in [6, 6.07) is 14.6. The molecule has 3 aromatic rings. The molecular weight excluding hydrogens is 354 g/mol. The molecule has 0 aliphatic heterocycles. The van der Waals surface area contributed by atoms with E-state index < -0.39 is 0 Å². The van der Waals surface area contributed by atoms with Gasteiger partial charge >= 0.3 is 0 Å². The minimum absolute atomic E-state index is 0.0724. The smallest absolute Gasteiger partial charge is 0.228 e. The van der Waals surface area contributed by atoms with Gasteiger partial charge in [-0.15, -0.1) is 0 Å². The Balaban J connectivity index is 1.52. The van der Waals surface area contributed by atoms with Gasteiger partial charge in [0, 0.05) is 18.0 Å². The molecule has 0 bridgehead atoms. The van der Waals surface area contributed by atoms with Crippen molar-refractivity contribution in [2.24, 2.45) is 0 Å². The summed E-state index contributed by atoms with van der Waals surface area (Å²) in [4.78, 5) is 16.3. The van der Waals surface area contributed by atoms with Crippen molar-refractivity contribution in [3.05, 3.63) is 65.0 Å². The third-order valence-electron chi connectivity index (χ3n) is 3.75. The molecule has 0 aliphatic carbocycles. The van der Waals surface area contributed by atoms with Crippen LogP contribution < -0.4 is 10.1 Å². The first-order valence-corrected chi connectivity index (χ1v) is 8.50. The lowest BCUT2D eigenvalue weighted by Gasteiger charge is -2.04. The lowest BCUT2D eigenvalue weighted by Crippen LogP contribution is -2.27. The summed E-state index contributed by atoms with van der Waals surface area (Å²) in [6.45, 7) is 0.417. The molecule has 0 atom stereocenters. The number of benzene rings is 2. The van der Waals surface area contributed by atoms with Crippen molar-refractivity contribution in [2.75, 3.05) is 13.7 Å². The van der Waals surface area contributed by atoms with Crippen molar-refractivity contribution in [1.29, 1.82) is 0 Å². The average molecular weight is 372 g/mol. The Hall–Kier alpha value is -2.86. The molecule has 0 spiro atoms. The highest BCUT2D eigenvalue weighted by molar-refractivity contribution is 6.30. The number of methoxy groups -OCH3 is 1. The van der Waals surface area contributed by atoms with Crippen LogP contribution in [0.25, 0.3) is 11.4 Å². The molecule has 0 aliphatic rings. The monoisotopic (exact) mass is 371 g/mol. The molecule has 26 heavy (non-hydrogen) atoms. The summed E-state index contributed by atoms with van der Waals surface area (Å²) in [6.07, 6.45) is 0.752. The van der Waals surface area contributed by atoms with Gasteiger partial charge in [0.2, 0.25) is 17.6 Å². The molecule has 1 heterocycles. The average Bonchev–Trinajstić information content (AvgIpc) is 3.12. The zero-order valence-corrected chi connectivity index (χ0v) is 15.0. The summed E-state index contributed by atoms with van der Waals surface area (Å²) in [5.74, 6) is 1.52. The van der Waals surface area contributed by atoms with Crippen molar-refractivity contribution in [2.45, 2.75) is 12.8 Å². The van der Waals surface area contributed by atoms with Crippen LogP contribution in [0.2, 0.25) is 5.02 Å². The van der Waals surface area contributed by atoms with E-state index >= 15 is 0 Å². The fraction of sp³-hybridized carbons (Fsp3) is 0.211. The Kier molecular flexibility index (Phi) is 5.86. The molecule has 0 saturated carbocycles. The maximum Gasteiger partial charge on any atom is 0.228 e. The number of hydrogen-bond donors (Lipinski definition) is 1. The van der Waals surface area contributed by atoms with Crippen LogP contribution >= 0.6 is 11.6 Å². The van der Waals surface area contributed by atoms with Crippen molar-refractivity contribution >= 4 is 17.5 Å². The highest BCUT2D eigenvalue weighted by Gasteiger charge is 2.13. The molecule has 3 rings (SSSR count). The van der Waals surface area contributed by atoms with Gasteiger partial charge in [-0.2, -0.15) is 4.98 Å². The van der Waals surface area contributed by atoms with Gasteiger partial charge in [0.25, 0.3) is 0 Å². The Labute approximate surface area is 156 Å². The first-order chi connectivity index (χ1) is 12.7. The van der Waals surface area contributed by atoms with Crippen LogP contribution in [0.3, 0.4) is 0 Å². The number of amides is 1. The minimum atomic E-state index is -0.0724. The number of carbonyl (C=O) groups excluding carboxylic acids is 1. The number of halogens is 1. The van der Waals surface area contributed by atoms with E-state index in [-0.39, 0.29) is 5.91 Å². The summed E-state index contributed by atoms with van der Waals surface area (Å²) in [7, 11) is 1.59. The third-order valence-corrected chi connectivity index (χ3v) is 4.01. The summed E-state index contributed by atoms with van der Waals surface area (Å²) in [5.41, 5.74) is 1.67. The predicted octanol–water partition coefficient (Wildman–Crippen LogP) is 3.30. The first-order valence-electron chi connectivity index (χ1n) is 8.13. The number of nitrogens with zero attached hydrogens (tertiary/aromatic N) is 2. The fourth-order valence-corrected chi connectivity index (χ4v) is 2.58. The Morgan fingerprint density at radius 3 is 2.73 bits per heavy atom. The van der Waals surface area contributed by atoms with Gasteiger partial charge in [0.05, 0.1) is 19.1 Å². The number of hydrogen-bond acceptors (Lipinski definition) is 5. The van der Waals surface area contributed by atoms with Gasteiger partial charge in [-0.25, -0.2) is 0 Å². The Morgan fingerprint density at radius 1 is 1.19 bits per heavy atom. The molecule has 0 saturated heterocycles. The van der Waals surface area contributed by atoms with Crippen LogP contribution in [-0.4, -0.2) is 29.7 Å². The maximum atomic E-state index is 12.0. The van der Waals surface area contributed by atoms with Gasteiger partial charge in [0.15, 0.2) is 0 Å². The van der Waals surface area contributed by atoms with E-state index in [0.717, 1.165) is 11.1 Å². The summed E-state index contributed by atoms with van der Waals surface area (Å²) < 4.78 is 10.5. The van der Waals surface area contributed by atoms with Crippen molar-refractivity contribution in [3.63, 3.8) is 0 Å². The fourth-order valence-electron chi connectivity index (χ4n) is 2.45. The SMILES string of the molecule is COc1ccccc1-c1noc(CCNC(=O)Cc2ccc(Cl)cc2)n1. The van der Waals surface area contributed by atoms with Crippen LogP contribution in [0.1, 0.15) is 11.5 Å². The molecule has 1 aromatic heterocycles. The summed E-state index contributed by atoms with van der Waals surface area (Å²) in [5, 5.41) is 7.47. The number of para-hydroxylation sites is 1. The molecule has 1 N–H and O–H groups in total.